The molecular weight excluding hydrogens is 336 g/mol. The number of aryl methyl sites for hydroxylation is 1. The number of piperidine rings is 1. The molecule has 4 nitrogen and oxygen atoms in total. The largest absolute Gasteiger partial charge is 0.492 e. The minimum Gasteiger partial charge on any atom is -0.492 e. The van der Waals surface area contributed by atoms with Gasteiger partial charge in [0.15, 0.2) is 0 Å². The van der Waals surface area contributed by atoms with Gasteiger partial charge >= 0.3 is 0 Å². The number of hydrogen-bond donors (Lipinski definition) is 1. The molecule has 0 radical (unpaired) electrons. The van der Waals surface area contributed by atoms with Gasteiger partial charge in [0.1, 0.15) is 5.75 Å². The van der Waals surface area contributed by atoms with Crippen LogP contribution in [0.15, 0.2) is 48.5 Å². The molecule has 27 heavy (non-hydrogen) atoms. The number of benzene rings is 2. The van der Waals surface area contributed by atoms with Crippen molar-refractivity contribution in [3.05, 3.63) is 70.8 Å². The van der Waals surface area contributed by atoms with E-state index >= 15 is 0 Å². The molecule has 0 bridgehead atoms. The lowest BCUT2D eigenvalue weighted by Gasteiger charge is -2.38. The molecule has 0 unspecified atom stereocenters. The number of hydrogen-bond acceptors (Lipinski definition) is 3. The highest BCUT2D eigenvalue weighted by Crippen LogP contribution is 2.45. The first kappa shape index (κ1) is 17.8. The van der Waals surface area contributed by atoms with Crippen LogP contribution >= 0.6 is 0 Å². The number of ether oxygens (including phenoxy) is 1. The van der Waals surface area contributed by atoms with Crippen molar-refractivity contribution >= 4 is 12.0 Å². The quantitative estimate of drug-likeness (QED) is 0.851. The summed E-state index contributed by atoms with van der Waals surface area (Å²) in [5.74, 6) is 1.06. The number of nitrogens with zero attached hydrogens (tertiary/aromatic N) is 1. The maximum Gasteiger partial charge on any atom is 0.246 e. The first-order valence-electron chi connectivity index (χ1n) is 9.60. The van der Waals surface area contributed by atoms with Gasteiger partial charge in [-0.3, -0.25) is 4.79 Å². The highest BCUT2D eigenvalue weighted by Gasteiger charge is 2.43. The molecule has 2 aromatic carbocycles. The van der Waals surface area contributed by atoms with Crippen LogP contribution in [0, 0.1) is 6.92 Å². The Kier molecular flexibility index (Phi) is 4.75. The van der Waals surface area contributed by atoms with Crippen molar-refractivity contribution in [1.29, 1.82) is 0 Å². The molecule has 0 atom stereocenters. The summed E-state index contributed by atoms with van der Waals surface area (Å²) in [5, 5.41) is 0. The lowest BCUT2D eigenvalue weighted by molar-refractivity contribution is -0.127. The van der Waals surface area contributed by atoms with E-state index in [1.54, 1.807) is 6.08 Å². The molecular formula is C23H26N2O2. The maximum atomic E-state index is 12.6. The van der Waals surface area contributed by atoms with E-state index in [-0.39, 0.29) is 11.3 Å². The number of rotatable bonds is 3. The van der Waals surface area contributed by atoms with Crippen molar-refractivity contribution in [2.75, 3.05) is 19.7 Å². The van der Waals surface area contributed by atoms with E-state index in [1.807, 2.05) is 41.3 Å². The van der Waals surface area contributed by atoms with E-state index in [2.05, 4.69) is 19.1 Å². The van der Waals surface area contributed by atoms with Crippen molar-refractivity contribution in [1.82, 2.24) is 4.90 Å². The van der Waals surface area contributed by atoms with E-state index < -0.39 is 0 Å². The highest BCUT2D eigenvalue weighted by molar-refractivity contribution is 5.92. The zero-order valence-electron chi connectivity index (χ0n) is 15.8. The Balaban J connectivity index is 1.44. The molecule has 2 aromatic rings. The molecule has 2 aliphatic rings. The minimum atomic E-state index is 0.0248. The Morgan fingerprint density at radius 3 is 2.74 bits per heavy atom. The molecule has 140 valence electrons. The zero-order chi connectivity index (χ0) is 18.9. The van der Waals surface area contributed by atoms with Crippen molar-refractivity contribution in [2.45, 2.75) is 31.7 Å². The summed E-state index contributed by atoms with van der Waals surface area (Å²) in [5.41, 5.74) is 10.5. The molecule has 2 N–H and O–H groups in total. The van der Waals surface area contributed by atoms with Gasteiger partial charge in [0.25, 0.3) is 0 Å². The Morgan fingerprint density at radius 1 is 1.22 bits per heavy atom. The number of amides is 1. The summed E-state index contributed by atoms with van der Waals surface area (Å²) >= 11 is 0. The number of carbonyl (C=O) groups excluding carboxylic acids is 1. The lowest BCUT2D eigenvalue weighted by Crippen LogP contribution is -2.45. The summed E-state index contributed by atoms with van der Waals surface area (Å²) in [6.45, 7) is 4.82. The van der Waals surface area contributed by atoms with Crippen molar-refractivity contribution in [3.8, 4) is 5.75 Å². The van der Waals surface area contributed by atoms with Crippen LogP contribution in [0.3, 0.4) is 0 Å². The van der Waals surface area contributed by atoms with E-state index in [0.717, 1.165) is 42.8 Å². The van der Waals surface area contributed by atoms with Crippen LogP contribution in [0.2, 0.25) is 0 Å². The van der Waals surface area contributed by atoms with Crippen molar-refractivity contribution in [2.24, 2.45) is 5.73 Å². The number of fused-ring (bicyclic) bond motifs is 2. The zero-order valence-corrected chi connectivity index (χ0v) is 15.8. The van der Waals surface area contributed by atoms with Gasteiger partial charge in [-0.05, 0) is 48.6 Å². The molecule has 4 rings (SSSR count). The normalized spacial score (nSPS) is 17.9. The molecule has 0 aromatic heterocycles. The molecule has 0 aliphatic carbocycles. The third kappa shape index (κ3) is 3.37. The summed E-state index contributed by atoms with van der Waals surface area (Å²) < 4.78 is 5.95. The van der Waals surface area contributed by atoms with Crippen molar-refractivity contribution < 1.29 is 9.53 Å². The van der Waals surface area contributed by atoms with Crippen LogP contribution in [-0.2, 0) is 16.8 Å². The van der Waals surface area contributed by atoms with E-state index in [1.165, 1.54) is 11.1 Å². The van der Waals surface area contributed by atoms with E-state index in [0.29, 0.717) is 13.2 Å². The van der Waals surface area contributed by atoms with Crippen LogP contribution in [-0.4, -0.2) is 30.5 Å². The average Bonchev–Trinajstić information content (AvgIpc) is 3.05. The molecule has 1 spiro atoms. The highest BCUT2D eigenvalue weighted by atomic mass is 16.5. The molecule has 0 saturated carbocycles. The van der Waals surface area contributed by atoms with Crippen LogP contribution < -0.4 is 10.5 Å². The monoisotopic (exact) mass is 362 g/mol. The second-order valence-electron chi connectivity index (χ2n) is 7.62. The lowest BCUT2D eigenvalue weighted by atomic mass is 9.74. The molecule has 4 heteroatoms. The summed E-state index contributed by atoms with van der Waals surface area (Å²) in [7, 11) is 0. The van der Waals surface area contributed by atoms with Gasteiger partial charge in [-0.2, -0.15) is 0 Å². The molecule has 1 fully saturated rings. The van der Waals surface area contributed by atoms with Gasteiger partial charge in [-0.15, -0.1) is 0 Å². The van der Waals surface area contributed by atoms with Crippen molar-refractivity contribution in [3.63, 3.8) is 0 Å². The number of carbonyl (C=O) groups is 1. The Morgan fingerprint density at radius 2 is 2.00 bits per heavy atom. The number of nitrogens with two attached hydrogens (primary N) is 1. The first-order chi connectivity index (χ1) is 13.1. The van der Waals surface area contributed by atoms with Crippen LogP contribution in [0.25, 0.3) is 6.08 Å². The van der Waals surface area contributed by atoms with Crippen LogP contribution in [0.4, 0.5) is 0 Å². The summed E-state index contributed by atoms with van der Waals surface area (Å²) in [4.78, 5) is 14.6. The third-order valence-electron chi connectivity index (χ3n) is 5.98. The molecule has 1 saturated heterocycles. The minimum absolute atomic E-state index is 0.0248. The van der Waals surface area contributed by atoms with Crippen LogP contribution in [0.1, 0.15) is 35.1 Å². The Labute approximate surface area is 160 Å². The van der Waals surface area contributed by atoms with Crippen LogP contribution in [0.5, 0.6) is 5.75 Å². The summed E-state index contributed by atoms with van der Waals surface area (Å²) in [6, 6.07) is 14.4. The SMILES string of the molecule is Cc1ccccc1C=CC(=O)N1CCC2(CC1)COc1ccc(CN)cc12. The van der Waals surface area contributed by atoms with E-state index in [9.17, 15) is 4.79 Å². The van der Waals surface area contributed by atoms with Gasteiger partial charge in [0, 0.05) is 36.7 Å². The second-order valence-corrected chi connectivity index (χ2v) is 7.62. The maximum absolute atomic E-state index is 12.6. The predicted molar refractivity (Wildman–Crippen MR) is 108 cm³/mol. The fourth-order valence-electron chi connectivity index (χ4n) is 4.15. The predicted octanol–water partition coefficient (Wildman–Crippen LogP) is 3.42. The van der Waals surface area contributed by atoms with E-state index in [4.69, 9.17) is 10.5 Å². The average molecular weight is 362 g/mol. The Bertz CT molecular complexity index is 880. The fraction of sp³-hybridized carbons (Fsp3) is 0.348. The van der Waals surface area contributed by atoms with Gasteiger partial charge in [-0.1, -0.05) is 36.4 Å². The Hall–Kier alpha value is -2.59. The molecule has 2 heterocycles. The summed E-state index contributed by atoms with van der Waals surface area (Å²) in [6.07, 6.45) is 5.48. The number of likely N-dealkylation sites (tertiary alicyclic amines) is 1. The van der Waals surface area contributed by atoms with Gasteiger partial charge < -0.3 is 15.4 Å². The smallest absolute Gasteiger partial charge is 0.246 e. The third-order valence-corrected chi connectivity index (χ3v) is 5.98. The first-order valence-corrected chi connectivity index (χ1v) is 9.60. The van der Waals surface area contributed by atoms with Gasteiger partial charge in [-0.25, -0.2) is 0 Å². The topological polar surface area (TPSA) is 55.6 Å². The standard InChI is InChI=1S/C23H26N2O2/c1-17-4-2-3-5-19(17)7-9-22(26)25-12-10-23(11-13-25)16-27-21-8-6-18(15-24)14-20(21)23/h2-9,14H,10-13,15-16,24H2,1H3. The van der Waals surface area contributed by atoms with Gasteiger partial charge in [0.05, 0.1) is 6.61 Å². The molecule has 1 amide bonds. The fourth-order valence-corrected chi connectivity index (χ4v) is 4.15. The molecule has 2 aliphatic heterocycles. The van der Waals surface area contributed by atoms with Gasteiger partial charge in [0.2, 0.25) is 5.91 Å². The second kappa shape index (κ2) is 7.20.